The predicted octanol–water partition coefficient (Wildman–Crippen LogP) is 3.03. The van der Waals surface area contributed by atoms with Gasteiger partial charge in [0.2, 0.25) is 10.0 Å². The Morgan fingerprint density at radius 1 is 1.12 bits per heavy atom. The standard InChI is InChI=1S/C17H20N4O3S/c1-10(14-8-6-5-7-9-14)21-25(22,23)16-12(3)18-11(2)15(16)17-19-13(4)20-24-17/h5-10,18,21H,1-4H3/t10-/m1/s1. The second-order valence-electron chi connectivity index (χ2n) is 5.98. The molecule has 1 atom stereocenters. The molecule has 1 aromatic carbocycles. The third-order valence-electron chi connectivity index (χ3n) is 3.96. The number of nitrogens with one attached hydrogen (secondary N) is 2. The maximum Gasteiger partial charge on any atom is 0.261 e. The van der Waals surface area contributed by atoms with E-state index < -0.39 is 10.0 Å². The monoisotopic (exact) mass is 360 g/mol. The van der Waals surface area contributed by atoms with Crippen molar-refractivity contribution < 1.29 is 12.9 Å². The van der Waals surface area contributed by atoms with Crippen LogP contribution in [0.2, 0.25) is 0 Å². The van der Waals surface area contributed by atoms with Crippen LogP contribution in [0.1, 0.15) is 35.7 Å². The largest absolute Gasteiger partial charge is 0.361 e. The van der Waals surface area contributed by atoms with E-state index in [4.69, 9.17) is 4.52 Å². The SMILES string of the molecule is Cc1noc(-c2c(C)[nH]c(C)c2S(=O)(=O)N[C@H](C)c2ccccc2)n1. The Kier molecular flexibility index (Phi) is 4.49. The molecule has 0 spiro atoms. The van der Waals surface area contributed by atoms with Crippen LogP contribution in [0.5, 0.6) is 0 Å². The van der Waals surface area contributed by atoms with Crippen molar-refractivity contribution in [1.82, 2.24) is 19.8 Å². The highest BCUT2D eigenvalue weighted by Crippen LogP contribution is 2.33. The van der Waals surface area contributed by atoms with Crippen LogP contribution >= 0.6 is 0 Å². The van der Waals surface area contributed by atoms with Gasteiger partial charge in [-0.1, -0.05) is 35.5 Å². The third kappa shape index (κ3) is 3.35. The van der Waals surface area contributed by atoms with E-state index in [1.54, 1.807) is 27.7 Å². The first-order valence-electron chi connectivity index (χ1n) is 7.86. The molecule has 0 unspecified atom stereocenters. The molecule has 0 radical (unpaired) electrons. The van der Waals surface area contributed by atoms with E-state index in [1.807, 2.05) is 30.3 Å². The van der Waals surface area contributed by atoms with E-state index in [0.717, 1.165) is 5.56 Å². The van der Waals surface area contributed by atoms with E-state index in [0.29, 0.717) is 22.8 Å². The zero-order valence-corrected chi connectivity index (χ0v) is 15.3. The van der Waals surface area contributed by atoms with Crippen LogP contribution in [0.15, 0.2) is 39.8 Å². The molecule has 7 nitrogen and oxygen atoms in total. The molecule has 0 saturated heterocycles. The van der Waals surface area contributed by atoms with Gasteiger partial charge in [-0.05, 0) is 33.3 Å². The maximum absolute atomic E-state index is 13.0. The Balaban J connectivity index is 2.03. The lowest BCUT2D eigenvalue weighted by atomic mass is 10.1. The molecule has 3 rings (SSSR count). The molecule has 132 valence electrons. The van der Waals surface area contributed by atoms with Crippen molar-refractivity contribution in [1.29, 1.82) is 0 Å². The summed E-state index contributed by atoms with van der Waals surface area (Å²) in [5.74, 6) is 0.634. The summed E-state index contributed by atoms with van der Waals surface area (Å²) in [7, 11) is -3.80. The molecule has 0 amide bonds. The van der Waals surface area contributed by atoms with E-state index in [9.17, 15) is 8.42 Å². The Hall–Kier alpha value is -2.45. The number of aryl methyl sites for hydroxylation is 3. The molecular weight excluding hydrogens is 340 g/mol. The summed E-state index contributed by atoms with van der Waals surface area (Å²) in [5.41, 5.74) is 2.47. The van der Waals surface area contributed by atoms with Crippen LogP contribution in [-0.4, -0.2) is 23.5 Å². The Labute approximate surface area is 146 Å². The second kappa shape index (κ2) is 6.45. The summed E-state index contributed by atoms with van der Waals surface area (Å²) in [6.45, 7) is 6.98. The minimum atomic E-state index is -3.80. The van der Waals surface area contributed by atoms with Crippen LogP contribution in [-0.2, 0) is 10.0 Å². The summed E-state index contributed by atoms with van der Waals surface area (Å²) in [4.78, 5) is 7.37. The third-order valence-corrected chi connectivity index (χ3v) is 5.67. The van der Waals surface area contributed by atoms with Crippen LogP contribution in [0, 0.1) is 20.8 Å². The second-order valence-corrected chi connectivity index (χ2v) is 7.63. The Bertz CT molecular complexity index is 990. The molecule has 0 saturated carbocycles. The van der Waals surface area contributed by atoms with E-state index in [2.05, 4.69) is 19.8 Å². The summed E-state index contributed by atoms with van der Waals surface area (Å²) in [6.07, 6.45) is 0. The van der Waals surface area contributed by atoms with Crippen LogP contribution < -0.4 is 4.72 Å². The summed E-state index contributed by atoms with van der Waals surface area (Å²) >= 11 is 0. The lowest BCUT2D eigenvalue weighted by Crippen LogP contribution is -2.27. The number of nitrogens with zero attached hydrogens (tertiary/aromatic N) is 2. The highest BCUT2D eigenvalue weighted by atomic mass is 32.2. The van der Waals surface area contributed by atoms with Gasteiger partial charge in [-0.25, -0.2) is 13.1 Å². The molecule has 2 heterocycles. The molecule has 2 aromatic heterocycles. The molecule has 0 bridgehead atoms. The average Bonchev–Trinajstić information content (AvgIpc) is 3.10. The van der Waals surface area contributed by atoms with E-state index >= 15 is 0 Å². The molecule has 3 aromatic rings. The van der Waals surface area contributed by atoms with E-state index in [1.165, 1.54) is 0 Å². The van der Waals surface area contributed by atoms with Crippen molar-refractivity contribution in [3.8, 4) is 11.5 Å². The molecule has 25 heavy (non-hydrogen) atoms. The Morgan fingerprint density at radius 2 is 1.80 bits per heavy atom. The summed E-state index contributed by atoms with van der Waals surface area (Å²) in [6, 6.07) is 9.02. The van der Waals surface area contributed by atoms with Gasteiger partial charge >= 0.3 is 0 Å². The van der Waals surface area contributed by atoms with Crippen molar-refractivity contribution in [2.45, 2.75) is 38.6 Å². The number of aromatic amines is 1. The van der Waals surface area contributed by atoms with Crippen LogP contribution in [0.25, 0.3) is 11.5 Å². The summed E-state index contributed by atoms with van der Waals surface area (Å²) in [5, 5.41) is 3.76. The maximum atomic E-state index is 13.0. The lowest BCUT2D eigenvalue weighted by molar-refractivity contribution is 0.424. The van der Waals surface area contributed by atoms with Crippen molar-refractivity contribution in [3.63, 3.8) is 0 Å². The first-order chi connectivity index (χ1) is 11.8. The fourth-order valence-electron chi connectivity index (χ4n) is 2.85. The molecular formula is C17H20N4O3S. The highest BCUT2D eigenvalue weighted by Gasteiger charge is 2.30. The molecule has 2 N–H and O–H groups in total. The molecule has 8 heteroatoms. The molecule has 0 aliphatic carbocycles. The quantitative estimate of drug-likeness (QED) is 0.728. The normalized spacial score (nSPS) is 13.1. The number of aromatic nitrogens is 3. The Morgan fingerprint density at radius 3 is 2.40 bits per heavy atom. The van der Waals surface area contributed by atoms with Crippen LogP contribution in [0.3, 0.4) is 0 Å². The predicted molar refractivity (Wildman–Crippen MR) is 93.5 cm³/mol. The number of sulfonamides is 1. The van der Waals surface area contributed by atoms with Gasteiger partial charge in [0, 0.05) is 17.4 Å². The first kappa shape index (κ1) is 17.4. The van der Waals surface area contributed by atoms with Gasteiger partial charge in [0.1, 0.15) is 4.90 Å². The van der Waals surface area contributed by atoms with E-state index in [-0.39, 0.29) is 16.8 Å². The van der Waals surface area contributed by atoms with Gasteiger partial charge in [-0.3, -0.25) is 0 Å². The number of hydrogen-bond donors (Lipinski definition) is 2. The van der Waals surface area contributed by atoms with Gasteiger partial charge in [0.15, 0.2) is 5.82 Å². The zero-order valence-electron chi connectivity index (χ0n) is 14.5. The van der Waals surface area contributed by atoms with Crippen molar-refractivity contribution >= 4 is 10.0 Å². The van der Waals surface area contributed by atoms with Crippen LogP contribution in [0.4, 0.5) is 0 Å². The highest BCUT2D eigenvalue weighted by molar-refractivity contribution is 7.89. The first-order valence-corrected chi connectivity index (χ1v) is 9.35. The van der Waals surface area contributed by atoms with Gasteiger partial charge < -0.3 is 9.51 Å². The lowest BCUT2D eigenvalue weighted by Gasteiger charge is -2.15. The topological polar surface area (TPSA) is 101 Å². The van der Waals surface area contributed by atoms with Gasteiger partial charge in [-0.2, -0.15) is 4.98 Å². The number of benzene rings is 1. The molecule has 0 fully saturated rings. The number of rotatable bonds is 5. The number of hydrogen-bond acceptors (Lipinski definition) is 5. The van der Waals surface area contributed by atoms with Gasteiger partial charge in [0.25, 0.3) is 5.89 Å². The molecule has 0 aliphatic rings. The minimum absolute atomic E-state index is 0.136. The van der Waals surface area contributed by atoms with Crippen molar-refractivity contribution in [2.75, 3.05) is 0 Å². The summed E-state index contributed by atoms with van der Waals surface area (Å²) < 4.78 is 34.0. The minimum Gasteiger partial charge on any atom is -0.361 e. The fourth-order valence-corrected chi connectivity index (χ4v) is 4.53. The average molecular weight is 360 g/mol. The van der Waals surface area contributed by atoms with Crippen molar-refractivity contribution in [2.24, 2.45) is 0 Å². The fraction of sp³-hybridized carbons (Fsp3) is 0.294. The van der Waals surface area contributed by atoms with Gasteiger partial charge in [0.05, 0.1) is 5.56 Å². The number of H-pyrrole nitrogens is 1. The van der Waals surface area contributed by atoms with Crippen molar-refractivity contribution in [3.05, 3.63) is 53.1 Å². The molecule has 0 aliphatic heterocycles. The zero-order chi connectivity index (χ0) is 18.2. The van der Waals surface area contributed by atoms with Gasteiger partial charge in [-0.15, -0.1) is 0 Å². The smallest absolute Gasteiger partial charge is 0.261 e.